The molecule has 6 nitrogen and oxygen atoms in total. The first-order valence-electron chi connectivity index (χ1n) is 5.47. The maximum Gasteiger partial charge on any atom is 0.295 e. The second kappa shape index (κ2) is 6.53. The van der Waals surface area contributed by atoms with Crippen molar-refractivity contribution in [2.24, 2.45) is 5.73 Å². The van der Waals surface area contributed by atoms with Crippen LogP contribution in [0.2, 0.25) is 0 Å². The van der Waals surface area contributed by atoms with Crippen LogP contribution in [-0.4, -0.2) is 17.4 Å². The molecule has 0 aliphatic carbocycles. The topological polar surface area (TPSA) is 98.3 Å². The fraction of sp³-hybridized carbons (Fsp3) is 0.364. The number of rotatable bonds is 7. The average molecular weight is 255 g/mol. The van der Waals surface area contributed by atoms with E-state index in [-0.39, 0.29) is 23.7 Å². The first-order chi connectivity index (χ1) is 8.50. The highest BCUT2D eigenvalue weighted by Crippen LogP contribution is 2.24. The van der Waals surface area contributed by atoms with Gasteiger partial charge < -0.3 is 11.1 Å². The standard InChI is InChI=1S/C11H14FN3O3/c12-8-4-5-9(10(7-8)15(17)18)14-6-2-1-3-11(13)16/h4-5,7,14H,1-3,6H2,(H2,13,16). The minimum absolute atomic E-state index is 0.264. The van der Waals surface area contributed by atoms with Crippen LogP contribution in [0.25, 0.3) is 0 Å². The lowest BCUT2D eigenvalue weighted by Crippen LogP contribution is -2.11. The summed E-state index contributed by atoms with van der Waals surface area (Å²) in [5, 5.41) is 13.5. The molecule has 0 saturated carbocycles. The predicted molar refractivity (Wildman–Crippen MR) is 64.6 cm³/mol. The molecule has 3 N–H and O–H groups in total. The molecule has 0 radical (unpaired) electrons. The highest BCUT2D eigenvalue weighted by molar-refractivity contribution is 5.73. The van der Waals surface area contributed by atoms with Gasteiger partial charge >= 0.3 is 0 Å². The van der Waals surface area contributed by atoms with Crippen molar-refractivity contribution in [2.45, 2.75) is 19.3 Å². The molecule has 18 heavy (non-hydrogen) atoms. The number of carbonyl (C=O) groups excluding carboxylic acids is 1. The summed E-state index contributed by atoms with van der Waals surface area (Å²) >= 11 is 0. The zero-order valence-electron chi connectivity index (χ0n) is 9.69. The summed E-state index contributed by atoms with van der Waals surface area (Å²) in [6.07, 6.45) is 1.54. The van der Waals surface area contributed by atoms with E-state index in [4.69, 9.17) is 5.73 Å². The zero-order valence-corrected chi connectivity index (χ0v) is 9.69. The number of nitro groups is 1. The molecule has 0 fully saturated rings. The van der Waals surface area contributed by atoms with Crippen LogP contribution in [0.4, 0.5) is 15.8 Å². The van der Waals surface area contributed by atoms with Gasteiger partial charge in [0, 0.05) is 13.0 Å². The van der Waals surface area contributed by atoms with Gasteiger partial charge in [0.05, 0.1) is 11.0 Å². The number of hydrogen-bond acceptors (Lipinski definition) is 4. The molecule has 0 aliphatic rings. The third-order valence-electron chi connectivity index (χ3n) is 2.32. The largest absolute Gasteiger partial charge is 0.379 e. The number of nitrogens with zero attached hydrogens (tertiary/aromatic N) is 1. The Morgan fingerprint density at radius 1 is 1.44 bits per heavy atom. The average Bonchev–Trinajstić information content (AvgIpc) is 2.29. The third kappa shape index (κ3) is 4.36. The number of amides is 1. The fourth-order valence-electron chi connectivity index (χ4n) is 1.45. The molecule has 7 heteroatoms. The molecule has 0 spiro atoms. The van der Waals surface area contributed by atoms with Gasteiger partial charge in [-0.15, -0.1) is 0 Å². The summed E-state index contributed by atoms with van der Waals surface area (Å²) in [5.74, 6) is -1.02. The fourth-order valence-corrected chi connectivity index (χ4v) is 1.45. The van der Waals surface area contributed by atoms with Crippen molar-refractivity contribution in [3.8, 4) is 0 Å². The lowest BCUT2D eigenvalue weighted by molar-refractivity contribution is -0.384. The maximum atomic E-state index is 12.9. The second-order valence-electron chi connectivity index (χ2n) is 3.77. The molecular formula is C11H14FN3O3. The van der Waals surface area contributed by atoms with Crippen LogP contribution in [0, 0.1) is 15.9 Å². The van der Waals surface area contributed by atoms with Crippen molar-refractivity contribution < 1.29 is 14.1 Å². The molecule has 0 aromatic heterocycles. The third-order valence-corrected chi connectivity index (χ3v) is 2.32. The van der Waals surface area contributed by atoms with Crippen molar-refractivity contribution in [3.63, 3.8) is 0 Å². The molecule has 0 saturated heterocycles. The highest BCUT2D eigenvalue weighted by Gasteiger charge is 2.14. The molecule has 0 unspecified atom stereocenters. The van der Waals surface area contributed by atoms with Gasteiger partial charge in [-0.2, -0.15) is 0 Å². The molecule has 0 atom stereocenters. The highest BCUT2D eigenvalue weighted by atomic mass is 19.1. The van der Waals surface area contributed by atoms with E-state index >= 15 is 0 Å². The number of carbonyl (C=O) groups is 1. The van der Waals surface area contributed by atoms with Crippen LogP contribution >= 0.6 is 0 Å². The summed E-state index contributed by atoms with van der Waals surface area (Å²) in [6.45, 7) is 0.458. The van der Waals surface area contributed by atoms with Crippen LogP contribution < -0.4 is 11.1 Å². The van der Waals surface area contributed by atoms with E-state index in [2.05, 4.69) is 5.32 Å². The van der Waals surface area contributed by atoms with Crippen LogP contribution in [0.15, 0.2) is 18.2 Å². The molecule has 0 heterocycles. The molecule has 1 aromatic rings. The Hall–Kier alpha value is -2.18. The first kappa shape index (κ1) is 13.9. The molecule has 0 bridgehead atoms. The number of hydrogen-bond donors (Lipinski definition) is 2. The van der Waals surface area contributed by atoms with Crippen molar-refractivity contribution >= 4 is 17.3 Å². The maximum absolute atomic E-state index is 12.9. The summed E-state index contributed by atoms with van der Waals surface area (Å²) in [7, 11) is 0. The Kier molecular flexibility index (Phi) is 5.04. The summed E-state index contributed by atoms with van der Waals surface area (Å²) < 4.78 is 12.9. The SMILES string of the molecule is NC(=O)CCCCNc1ccc(F)cc1[N+](=O)[O-]. The number of benzene rings is 1. The lowest BCUT2D eigenvalue weighted by Gasteiger charge is -2.06. The van der Waals surface area contributed by atoms with E-state index in [1.54, 1.807) is 0 Å². The van der Waals surface area contributed by atoms with Crippen LogP contribution in [0.1, 0.15) is 19.3 Å². The summed E-state index contributed by atoms with van der Waals surface area (Å²) in [5.41, 5.74) is 4.94. The van der Waals surface area contributed by atoms with Crippen LogP contribution in [0.5, 0.6) is 0 Å². The molecule has 0 aliphatic heterocycles. The number of nitro benzene ring substituents is 1. The van der Waals surface area contributed by atoms with Crippen LogP contribution in [-0.2, 0) is 4.79 Å². The molecule has 98 valence electrons. The van der Waals surface area contributed by atoms with E-state index in [9.17, 15) is 19.3 Å². The van der Waals surface area contributed by atoms with E-state index in [1.807, 2.05) is 0 Å². The van der Waals surface area contributed by atoms with Gasteiger partial charge in [-0.1, -0.05) is 0 Å². The zero-order chi connectivity index (χ0) is 13.5. The number of unbranched alkanes of at least 4 members (excludes halogenated alkanes) is 1. The molecule has 1 amide bonds. The Bertz CT molecular complexity index is 451. The number of halogens is 1. The minimum atomic E-state index is -0.652. The number of nitrogens with one attached hydrogen (secondary N) is 1. The molecule has 1 rings (SSSR count). The normalized spacial score (nSPS) is 10.1. The van der Waals surface area contributed by atoms with Gasteiger partial charge in [-0.25, -0.2) is 4.39 Å². The van der Waals surface area contributed by atoms with Gasteiger partial charge in [-0.3, -0.25) is 14.9 Å². The number of nitrogens with two attached hydrogens (primary N) is 1. The molecule has 1 aromatic carbocycles. The Morgan fingerprint density at radius 2 is 2.17 bits per heavy atom. The number of primary amides is 1. The lowest BCUT2D eigenvalue weighted by atomic mass is 10.2. The number of anilines is 1. The quantitative estimate of drug-likeness (QED) is 0.441. The summed E-state index contributed by atoms with van der Waals surface area (Å²) in [6, 6.07) is 3.34. The second-order valence-corrected chi connectivity index (χ2v) is 3.77. The van der Waals surface area contributed by atoms with Gasteiger partial charge in [0.1, 0.15) is 11.5 Å². The molecular weight excluding hydrogens is 241 g/mol. The van der Waals surface area contributed by atoms with Gasteiger partial charge in [0.25, 0.3) is 5.69 Å². The van der Waals surface area contributed by atoms with E-state index in [0.717, 1.165) is 12.1 Å². The smallest absolute Gasteiger partial charge is 0.295 e. The van der Waals surface area contributed by atoms with Gasteiger partial charge in [-0.05, 0) is 25.0 Å². The van der Waals surface area contributed by atoms with Crippen molar-refractivity contribution in [1.82, 2.24) is 0 Å². The van der Waals surface area contributed by atoms with Crippen LogP contribution in [0.3, 0.4) is 0 Å². The Balaban J connectivity index is 2.51. The van der Waals surface area contributed by atoms with Crippen molar-refractivity contribution in [3.05, 3.63) is 34.1 Å². The van der Waals surface area contributed by atoms with Crippen molar-refractivity contribution in [1.29, 1.82) is 0 Å². The Labute approximate surface area is 103 Å². The monoisotopic (exact) mass is 255 g/mol. The van der Waals surface area contributed by atoms with E-state index < -0.39 is 10.7 Å². The summed E-state index contributed by atoms with van der Waals surface area (Å²) in [4.78, 5) is 20.5. The van der Waals surface area contributed by atoms with E-state index in [1.165, 1.54) is 6.07 Å². The van der Waals surface area contributed by atoms with E-state index in [0.29, 0.717) is 19.4 Å². The first-order valence-corrected chi connectivity index (χ1v) is 5.47. The van der Waals surface area contributed by atoms with Gasteiger partial charge in [0.15, 0.2) is 0 Å². The van der Waals surface area contributed by atoms with Gasteiger partial charge in [0.2, 0.25) is 5.91 Å². The predicted octanol–water partition coefficient (Wildman–Crippen LogP) is 1.80. The Morgan fingerprint density at radius 3 is 2.78 bits per heavy atom. The van der Waals surface area contributed by atoms with Crippen molar-refractivity contribution in [2.75, 3.05) is 11.9 Å². The minimum Gasteiger partial charge on any atom is -0.379 e.